The molecule has 0 aliphatic heterocycles. The summed E-state index contributed by atoms with van der Waals surface area (Å²) in [5, 5.41) is 2.96. The summed E-state index contributed by atoms with van der Waals surface area (Å²) in [7, 11) is 1.27. The summed E-state index contributed by atoms with van der Waals surface area (Å²) in [4.78, 5) is 35.3. The number of rotatable bonds is 4. The van der Waals surface area contributed by atoms with Crippen molar-refractivity contribution in [2.24, 2.45) is 5.92 Å². The lowest BCUT2D eigenvalue weighted by molar-refractivity contribution is -0.122. The number of methoxy groups -OCH3 is 1. The van der Waals surface area contributed by atoms with Gasteiger partial charge in [-0.25, -0.2) is 4.79 Å². The van der Waals surface area contributed by atoms with Gasteiger partial charge < -0.3 is 14.6 Å². The molecule has 0 unspecified atom stereocenters. The zero-order valence-corrected chi connectivity index (χ0v) is 13.0. The molecular weight excluding hydrogens is 284 g/mol. The van der Waals surface area contributed by atoms with Crippen molar-refractivity contribution >= 4 is 11.9 Å². The summed E-state index contributed by atoms with van der Waals surface area (Å²) in [6.07, 6.45) is 5.54. The van der Waals surface area contributed by atoms with Crippen LogP contribution in [0.15, 0.2) is 23.1 Å². The lowest BCUT2D eigenvalue weighted by Crippen LogP contribution is -2.40. The SMILES string of the molecule is COC(=O)c1ccc(=O)n(CC(=O)NC2CCC(C)CC2)c1. The highest BCUT2D eigenvalue weighted by Crippen LogP contribution is 2.23. The number of hydrogen-bond donors (Lipinski definition) is 1. The first-order valence-electron chi connectivity index (χ1n) is 7.57. The average Bonchev–Trinajstić information content (AvgIpc) is 2.51. The number of nitrogens with zero attached hydrogens (tertiary/aromatic N) is 1. The van der Waals surface area contributed by atoms with Crippen molar-refractivity contribution in [3.8, 4) is 0 Å². The average molecular weight is 306 g/mol. The van der Waals surface area contributed by atoms with Gasteiger partial charge in [-0.1, -0.05) is 6.92 Å². The normalized spacial score (nSPS) is 21.2. The highest BCUT2D eigenvalue weighted by atomic mass is 16.5. The summed E-state index contributed by atoms with van der Waals surface area (Å²) in [5.41, 5.74) is -0.0681. The molecule has 1 aliphatic rings. The third-order valence-electron chi connectivity index (χ3n) is 4.10. The van der Waals surface area contributed by atoms with Crippen molar-refractivity contribution in [2.75, 3.05) is 7.11 Å². The minimum absolute atomic E-state index is 0.0876. The molecule has 120 valence electrons. The number of hydrogen-bond acceptors (Lipinski definition) is 4. The molecule has 1 aromatic rings. The quantitative estimate of drug-likeness (QED) is 0.851. The van der Waals surface area contributed by atoms with Crippen molar-refractivity contribution in [1.29, 1.82) is 0 Å². The van der Waals surface area contributed by atoms with Gasteiger partial charge >= 0.3 is 5.97 Å². The molecule has 1 aliphatic carbocycles. The molecule has 1 aromatic heterocycles. The molecule has 0 saturated heterocycles. The fraction of sp³-hybridized carbons (Fsp3) is 0.562. The molecule has 0 aromatic carbocycles. The molecule has 0 atom stereocenters. The number of ether oxygens (including phenoxy) is 1. The number of nitrogens with one attached hydrogen (secondary N) is 1. The van der Waals surface area contributed by atoms with Crippen molar-refractivity contribution in [3.05, 3.63) is 34.2 Å². The topological polar surface area (TPSA) is 77.4 Å². The Labute approximate surface area is 129 Å². The molecule has 0 spiro atoms. The van der Waals surface area contributed by atoms with E-state index in [1.54, 1.807) is 0 Å². The third-order valence-corrected chi connectivity index (χ3v) is 4.10. The van der Waals surface area contributed by atoms with Gasteiger partial charge in [-0.15, -0.1) is 0 Å². The van der Waals surface area contributed by atoms with Gasteiger partial charge in [0, 0.05) is 18.3 Å². The number of aromatic nitrogens is 1. The van der Waals surface area contributed by atoms with E-state index in [1.165, 1.54) is 30.0 Å². The van der Waals surface area contributed by atoms with Gasteiger partial charge in [0.2, 0.25) is 5.91 Å². The maximum Gasteiger partial charge on any atom is 0.339 e. The van der Waals surface area contributed by atoms with Crippen LogP contribution in [-0.2, 0) is 16.1 Å². The summed E-state index contributed by atoms with van der Waals surface area (Å²) >= 11 is 0. The Morgan fingerprint density at radius 3 is 2.59 bits per heavy atom. The Bertz CT molecular complexity index is 600. The molecular formula is C16H22N2O4. The Morgan fingerprint density at radius 2 is 1.95 bits per heavy atom. The first kappa shape index (κ1) is 16.3. The van der Waals surface area contributed by atoms with E-state index >= 15 is 0 Å². The zero-order valence-electron chi connectivity index (χ0n) is 13.0. The first-order chi connectivity index (χ1) is 10.5. The van der Waals surface area contributed by atoms with E-state index < -0.39 is 5.97 Å². The molecule has 1 fully saturated rings. The second-order valence-electron chi connectivity index (χ2n) is 5.90. The Kier molecular flexibility index (Phi) is 5.35. The Balaban J connectivity index is 1.99. The van der Waals surface area contributed by atoms with Crippen molar-refractivity contribution in [3.63, 3.8) is 0 Å². The fourth-order valence-corrected chi connectivity index (χ4v) is 2.73. The van der Waals surface area contributed by atoms with Crippen molar-refractivity contribution < 1.29 is 14.3 Å². The van der Waals surface area contributed by atoms with Crippen LogP contribution in [0.25, 0.3) is 0 Å². The number of esters is 1. The molecule has 0 radical (unpaired) electrons. The van der Waals surface area contributed by atoms with E-state index in [0.717, 1.165) is 25.7 Å². The first-order valence-corrected chi connectivity index (χ1v) is 7.57. The maximum absolute atomic E-state index is 12.1. The second-order valence-corrected chi connectivity index (χ2v) is 5.90. The van der Waals surface area contributed by atoms with Gasteiger partial charge in [0.05, 0.1) is 12.7 Å². The van der Waals surface area contributed by atoms with Gasteiger partial charge in [0.25, 0.3) is 5.56 Å². The summed E-state index contributed by atoms with van der Waals surface area (Å²) in [6.45, 7) is 2.13. The maximum atomic E-state index is 12.1. The molecule has 1 heterocycles. The van der Waals surface area contributed by atoms with Crippen molar-refractivity contribution in [2.45, 2.75) is 45.2 Å². The van der Waals surface area contributed by atoms with Crippen molar-refractivity contribution in [1.82, 2.24) is 9.88 Å². The van der Waals surface area contributed by atoms with Crippen LogP contribution in [0.3, 0.4) is 0 Å². The van der Waals surface area contributed by atoms with E-state index in [9.17, 15) is 14.4 Å². The molecule has 1 N–H and O–H groups in total. The van der Waals surface area contributed by atoms with E-state index in [1.807, 2.05) is 0 Å². The smallest absolute Gasteiger partial charge is 0.339 e. The third kappa shape index (κ3) is 4.19. The molecule has 1 saturated carbocycles. The predicted octanol–water partition coefficient (Wildman–Crippen LogP) is 1.33. The highest BCUT2D eigenvalue weighted by molar-refractivity contribution is 5.89. The van der Waals surface area contributed by atoms with Gasteiger partial charge in [-0.2, -0.15) is 0 Å². The van der Waals surface area contributed by atoms with Gasteiger partial charge in [-0.05, 0) is 37.7 Å². The van der Waals surface area contributed by atoms with Crippen LogP contribution < -0.4 is 10.9 Å². The fourth-order valence-electron chi connectivity index (χ4n) is 2.73. The molecule has 1 amide bonds. The lowest BCUT2D eigenvalue weighted by atomic mass is 9.87. The highest BCUT2D eigenvalue weighted by Gasteiger charge is 2.20. The van der Waals surface area contributed by atoms with Crippen LogP contribution in [0.2, 0.25) is 0 Å². The summed E-state index contributed by atoms with van der Waals surface area (Å²) in [6, 6.07) is 2.84. The minimum atomic E-state index is -0.532. The number of carbonyl (C=O) groups excluding carboxylic acids is 2. The van der Waals surface area contributed by atoms with Gasteiger partial charge in [0.1, 0.15) is 6.54 Å². The van der Waals surface area contributed by atoms with Crippen LogP contribution in [0.4, 0.5) is 0 Å². The molecule has 22 heavy (non-hydrogen) atoms. The Morgan fingerprint density at radius 1 is 1.27 bits per heavy atom. The van der Waals surface area contributed by atoms with Crippen LogP contribution in [0, 0.1) is 5.92 Å². The number of pyridine rings is 1. The van der Waals surface area contributed by atoms with E-state index in [4.69, 9.17) is 0 Å². The largest absolute Gasteiger partial charge is 0.465 e. The number of amides is 1. The van der Waals surface area contributed by atoms with E-state index in [0.29, 0.717) is 5.92 Å². The molecule has 2 rings (SSSR count). The lowest BCUT2D eigenvalue weighted by Gasteiger charge is -2.27. The molecule has 6 nitrogen and oxygen atoms in total. The van der Waals surface area contributed by atoms with E-state index in [2.05, 4.69) is 17.0 Å². The number of carbonyl (C=O) groups is 2. The van der Waals surface area contributed by atoms with Gasteiger partial charge in [-0.3, -0.25) is 9.59 Å². The second kappa shape index (κ2) is 7.24. The zero-order chi connectivity index (χ0) is 16.1. The minimum Gasteiger partial charge on any atom is -0.465 e. The predicted molar refractivity (Wildman–Crippen MR) is 81.6 cm³/mol. The summed E-state index contributed by atoms with van der Waals surface area (Å²) in [5.74, 6) is -0.0217. The standard InChI is InChI=1S/C16H22N2O4/c1-11-3-6-13(7-4-11)17-14(19)10-18-9-12(16(21)22-2)5-8-15(18)20/h5,8-9,11,13H,3-4,6-7,10H2,1-2H3,(H,17,19). The Hall–Kier alpha value is -2.11. The molecule has 6 heteroatoms. The van der Waals surface area contributed by atoms with Crippen LogP contribution in [-0.4, -0.2) is 29.6 Å². The molecule has 0 bridgehead atoms. The van der Waals surface area contributed by atoms with Crippen LogP contribution in [0.5, 0.6) is 0 Å². The van der Waals surface area contributed by atoms with Gasteiger partial charge in [0.15, 0.2) is 0 Å². The summed E-state index contributed by atoms with van der Waals surface area (Å²) < 4.78 is 5.84. The van der Waals surface area contributed by atoms with E-state index in [-0.39, 0.29) is 29.6 Å². The van der Waals surface area contributed by atoms with Crippen LogP contribution in [0.1, 0.15) is 43.0 Å². The van der Waals surface area contributed by atoms with Crippen LogP contribution >= 0.6 is 0 Å². The monoisotopic (exact) mass is 306 g/mol.